The lowest BCUT2D eigenvalue weighted by Gasteiger charge is -2.37. The van der Waals surface area contributed by atoms with Gasteiger partial charge in [0, 0.05) is 23.9 Å². The van der Waals surface area contributed by atoms with E-state index in [9.17, 15) is 5.11 Å². The second-order valence-corrected chi connectivity index (χ2v) is 11.6. The number of aromatic hydroxyl groups is 1. The minimum absolute atomic E-state index is 0.109. The van der Waals surface area contributed by atoms with Gasteiger partial charge in [-0.1, -0.05) is 60.7 Å². The second-order valence-electron chi connectivity index (χ2n) is 11.6. The SMILES string of the molecule is COc1ccc2c(c1)Cc1ccccc1C21CCNC1.Oc1ccc2c(c1)Cc1ccccc1C21CCNC1. The van der Waals surface area contributed by atoms with Gasteiger partial charge in [0.05, 0.1) is 7.11 Å². The third-order valence-corrected chi connectivity index (χ3v) is 9.57. The first-order valence-electron chi connectivity index (χ1n) is 14.2. The zero-order valence-corrected chi connectivity index (χ0v) is 22.6. The monoisotopic (exact) mass is 516 g/mol. The van der Waals surface area contributed by atoms with Crippen molar-refractivity contribution in [2.45, 2.75) is 36.5 Å². The maximum atomic E-state index is 9.75. The lowest BCUT2D eigenvalue weighted by Crippen LogP contribution is -2.35. The average molecular weight is 517 g/mol. The number of nitrogens with one attached hydrogen (secondary N) is 2. The summed E-state index contributed by atoms with van der Waals surface area (Å²) in [5.41, 5.74) is 11.7. The molecular weight excluding hydrogens is 480 g/mol. The van der Waals surface area contributed by atoms with Gasteiger partial charge in [-0.2, -0.15) is 0 Å². The van der Waals surface area contributed by atoms with Gasteiger partial charge in [0.1, 0.15) is 11.5 Å². The molecular formula is C35H36N2O2. The summed E-state index contributed by atoms with van der Waals surface area (Å²) in [5, 5.41) is 16.8. The minimum atomic E-state index is 0.109. The van der Waals surface area contributed by atoms with E-state index < -0.39 is 0 Å². The van der Waals surface area contributed by atoms with Crippen LogP contribution < -0.4 is 15.4 Å². The predicted molar refractivity (Wildman–Crippen MR) is 156 cm³/mol. The van der Waals surface area contributed by atoms with Crippen LogP contribution in [0.25, 0.3) is 0 Å². The van der Waals surface area contributed by atoms with E-state index in [2.05, 4.69) is 83.4 Å². The molecule has 2 unspecified atom stereocenters. The molecule has 2 atom stereocenters. The normalized spacial score (nSPS) is 23.8. The fourth-order valence-electron chi connectivity index (χ4n) is 7.79. The molecule has 2 spiro atoms. The summed E-state index contributed by atoms with van der Waals surface area (Å²) in [6.45, 7) is 4.21. The number of hydrogen-bond acceptors (Lipinski definition) is 4. The van der Waals surface area contributed by atoms with Gasteiger partial charge in [-0.15, -0.1) is 0 Å². The van der Waals surface area contributed by atoms with Crippen molar-refractivity contribution in [2.75, 3.05) is 33.3 Å². The molecule has 4 nitrogen and oxygen atoms in total. The van der Waals surface area contributed by atoms with Crippen LogP contribution in [0.2, 0.25) is 0 Å². The maximum absolute atomic E-state index is 9.75. The maximum Gasteiger partial charge on any atom is 0.119 e. The first kappa shape index (κ1) is 24.4. The van der Waals surface area contributed by atoms with Crippen molar-refractivity contribution in [1.82, 2.24) is 10.6 Å². The topological polar surface area (TPSA) is 53.5 Å². The molecule has 0 amide bonds. The lowest BCUT2D eigenvalue weighted by molar-refractivity contribution is 0.413. The molecule has 2 aliphatic heterocycles. The number of benzene rings is 4. The molecule has 4 aliphatic rings. The van der Waals surface area contributed by atoms with Gasteiger partial charge < -0.3 is 20.5 Å². The van der Waals surface area contributed by atoms with Crippen LogP contribution in [0.15, 0.2) is 84.9 Å². The van der Waals surface area contributed by atoms with Crippen LogP contribution in [-0.4, -0.2) is 38.4 Å². The standard InChI is InChI=1S/C18H19NO.C17H17NO/c1-20-15-6-7-17-14(11-15)10-13-4-2-3-5-16(13)18(17)8-9-19-12-18;19-14-5-6-16-13(10-14)9-12-3-1-2-4-15(12)17(16)7-8-18-11-17/h2-7,11,19H,8-10,12H2,1H3;1-6,10,18-19H,7-9,11H2. The number of fused-ring (bicyclic) bond motifs is 8. The van der Waals surface area contributed by atoms with Crippen LogP contribution in [0.4, 0.5) is 0 Å². The molecule has 2 saturated heterocycles. The molecule has 0 saturated carbocycles. The Bertz CT molecular complexity index is 1530. The predicted octanol–water partition coefficient (Wildman–Crippen LogP) is 5.45. The number of methoxy groups -OCH3 is 1. The van der Waals surface area contributed by atoms with Gasteiger partial charge >= 0.3 is 0 Å². The van der Waals surface area contributed by atoms with Crippen LogP contribution in [0.3, 0.4) is 0 Å². The molecule has 198 valence electrons. The van der Waals surface area contributed by atoms with Crippen LogP contribution in [0.1, 0.15) is 57.3 Å². The van der Waals surface area contributed by atoms with Crippen molar-refractivity contribution in [2.24, 2.45) is 0 Å². The molecule has 0 aromatic heterocycles. The zero-order chi connectivity index (χ0) is 26.5. The quantitative estimate of drug-likeness (QED) is 0.315. The lowest BCUT2D eigenvalue weighted by atomic mass is 9.66. The first-order valence-corrected chi connectivity index (χ1v) is 14.2. The molecule has 0 bridgehead atoms. The Morgan fingerprint density at radius 1 is 0.615 bits per heavy atom. The molecule has 3 N–H and O–H groups in total. The molecule has 8 rings (SSSR count). The molecule has 4 heteroatoms. The van der Waals surface area contributed by atoms with Gasteiger partial charge in [0.15, 0.2) is 0 Å². The smallest absolute Gasteiger partial charge is 0.119 e. The highest BCUT2D eigenvalue weighted by atomic mass is 16.5. The summed E-state index contributed by atoms with van der Waals surface area (Å²) >= 11 is 0. The Hall–Kier alpha value is -3.60. The van der Waals surface area contributed by atoms with E-state index in [4.69, 9.17) is 4.74 Å². The van der Waals surface area contributed by atoms with Gasteiger partial charge in [-0.25, -0.2) is 0 Å². The zero-order valence-electron chi connectivity index (χ0n) is 22.6. The number of phenolic OH excluding ortho intramolecular Hbond substituents is 1. The largest absolute Gasteiger partial charge is 0.508 e. The van der Waals surface area contributed by atoms with E-state index in [0.717, 1.165) is 51.2 Å². The summed E-state index contributed by atoms with van der Waals surface area (Å²) < 4.78 is 5.40. The fourth-order valence-corrected chi connectivity index (χ4v) is 7.79. The Kier molecular flexibility index (Phi) is 5.98. The van der Waals surface area contributed by atoms with E-state index in [1.54, 1.807) is 7.11 Å². The van der Waals surface area contributed by atoms with E-state index in [-0.39, 0.29) is 10.8 Å². The summed E-state index contributed by atoms with van der Waals surface area (Å²) in [7, 11) is 1.74. The van der Waals surface area contributed by atoms with E-state index in [1.807, 2.05) is 12.1 Å². The van der Waals surface area contributed by atoms with E-state index in [0.29, 0.717) is 5.75 Å². The fraction of sp³-hybridized carbons (Fsp3) is 0.314. The van der Waals surface area contributed by atoms with Crippen molar-refractivity contribution in [3.05, 3.63) is 129 Å². The Balaban J connectivity index is 0.000000130. The van der Waals surface area contributed by atoms with Gasteiger partial charge in [-0.3, -0.25) is 0 Å². The molecule has 2 aliphatic carbocycles. The van der Waals surface area contributed by atoms with Crippen molar-refractivity contribution >= 4 is 0 Å². The minimum Gasteiger partial charge on any atom is -0.508 e. The third-order valence-electron chi connectivity index (χ3n) is 9.57. The molecule has 4 aromatic carbocycles. The molecule has 0 radical (unpaired) electrons. The molecule has 4 aromatic rings. The van der Waals surface area contributed by atoms with Gasteiger partial charge in [0.25, 0.3) is 0 Å². The van der Waals surface area contributed by atoms with Crippen molar-refractivity contribution in [3.8, 4) is 11.5 Å². The van der Waals surface area contributed by atoms with Gasteiger partial charge in [0.2, 0.25) is 0 Å². The summed E-state index contributed by atoms with van der Waals surface area (Å²) in [4.78, 5) is 0. The van der Waals surface area contributed by atoms with E-state index >= 15 is 0 Å². The Labute approximate surface area is 231 Å². The third kappa shape index (κ3) is 3.89. The number of hydrogen-bond donors (Lipinski definition) is 3. The number of rotatable bonds is 1. The number of phenols is 1. The summed E-state index contributed by atoms with van der Waals surface area (Å²) in [5.74, 6) is 1.34. The Morgan fingerprint density at radius 3 is 1.67 bits per heavy atom. The molecule has 39 heavy (non-hydrogen) atoms. The summed E-state index contributed by atoms with van der Waals surface area (Å²) in [6, 6.07) is 30.1. The van der Waals surface area contributed by atoms with Crippen LogP contribution in [0, 0.1) is 0 Å². The number of ether oxygens (including phenoxy) is 1. The highest BCUT2D eigenvalue weighted by molar-refractivity contribution is 5.57. The highest BCUT2D eigenvalue weighted by Crippen LogP contribution is 2.47. The first-order chi connectivity index (χ1) is 19.1. The molecule has 2 heterocycles. The van der Waals surface area contributed by atoms with Crippen molar-refractivity contribution in [1.29, 1.82) is 0 Å². The van der Waals surface area contributed by atoms with Crippen LogP contribution >= 0.6 is 0 Å². The van der Waals surface area contributed by atoms with Crippen LogP contribution in [0.5, 0.6) is 11.5 Å². The second kappa shape index (κ2) is 9.55. The average Bonchev–Trinajstić information content (AvgIpc) is 3.65. The van der Waals surface area contributed by atoms with E-state index in [1.165, 1.54) is 50.9 Å². The summed E-state index contributed by atoms with van der Waals surface area (Å²) in [6.07, 6.45) is 4.28. The highest BCUT2D eigenvalue weighted by Gasteiger charge is 2.43. The molecule has 2 fully saturated rings. The Morgan fingerprint density at radius 2 is 1.13 bits per heavy atom. The van der Waals surface area contributed by atoms with Gasteiger partial charge in [-0.05, 0) is 108 Å². The van der Waals surface area contributed by atoms with Crippen LogP contribution in [-0.2, 0) is 23.7 Å². The van der Waals surface area contributed by atoms with Crippen molar-refractivity contribution in [3.63, 3.8) is 0 Å². The van der Waals surface area contributed by atoms with Crippen molar-refractivity contribution < 1.29 is 9.84 Å².